The number of nitrogens with zero attached hydrogens (tertiary/aromatic N) is 1. The first kappa shape index (κ1) is 18.5. The fourth-order valence-corrected chi connectivity index (χ4v) is 3.79. The van der Waals surface area contributed by atoms with Crippen LogP contribution in [0.5, 0.6) is 17.2 Å². The highest BCUT2D eigenvalue weighted by Crippen LogP contribution is 2.39. The third kappa shape index (κ3) is 3.64. The van der Waals surface area contributed by atoms with Crippen LogP contribution in [-0.2, 0) is 13.0 Å². The van der Waals surface area contributed by atoms with E-state index in [0.29, 0.717) is 0 Å². The van der Waals surface area contributed by atoms with Crippen LogP contribution in [-0.4, -0.2) is 38.8 Å². The van der Waals surface area contributed by atoms with Gasteiger partial charge in [0.25, 0.3) is 0 Å². The largest absolute Gasteiger partial charge is 0.497 e. The summed E-state index contributed by atoms with van der Waals surface area (Å²) in [6.07, 6.45) is 0.967. The molecule has 26 heavy (non-hydrogen) atoms. The Bertz CT molecular complexity index is 744. The van der Waals surface area contributed by atoms with Gasteiger partial charge in [0.05, 0.1) is 27.4 Å². The van der Waals surface area contributed by atoms with E-state index in [4.69, 9.17) is 19.9 Å². The molecule has 0 spiro atoms. The van der Waals surface area contributed by atoms with Crippen LogP contribution >= 0.6 is 0 Å². The lowest BCUT2D eigenvalue weighted by Crippen LogP contribution is -2.43. The highest BCUT2D eigenvalue weighted by Gasteiger charge is 2.31. The normalized spacial score (nSPS) is 18.1. The van der Waals surface area contributed by atoms with Crippen molar-refractivity contribution >= 4 is 0 Å². The second kappa shape index (κ2) is 7.98. The maximum absolute atomic E-state index is 6.40. The molecule has 140 valence electrons. The van der Waals surface area contributed by atoms with Gasteiger partial charge >= 0.3 is 0 Å². The molecule has 2 N–H and O–H groups in total. The van der Waals surface area contributed by atoms with E-state index in [-0.39, 0.29) is 12.1 Å². The van der Waals surface area contributed by atoms with E-state index in [1.165, 1.54) is 16.7 Å². The van der Waals surface area contributed by atoms with Crippen molar-refractivity contribution in [2.45, 2.75) is 32.0 Å². The van der Waals surface area contributed by atoms with Crippen LogP contribution in [0.25, 0.3) is 0 Å². The first-order chi connectivity index (χ1) is 12.6. The minimum Gasteiger partial charge on any atom is -0.497 e. The van der Waals surface area contributed by atoms with E-state index in [1.54, 1.807) is 21.3 Å². The van der Waals surface area contributed by atoms with Crippen LogP contribution in [0.1, 0.15) is 29.7 Å². The monoisotopic (exact) mass is 356 g/mol. The number of hydrogen-bond donors (Lipinski definition) is 1. The molecule has 1 heterocycles. The fourth-order valence-electron chi connectivity index (χ4n) is 3.79. The lowest BCUT2D eigenvalue weighted by molar-refractivity contribution is 0.155. The second-order valence-corrected chi connectivity index (χ2v) is 6.78. The average Bonchev–Trinajstić information content (AvgIpc) is 2.66. The zero-order chi connectivity index (χ0) is 18.7. The van der Waals surface area contributed by atoms with Gasteiger partial charge in [0.1, 0.15) is 5.75 Å². The van der Waals surface area contributed by atoms with Crippen molar-refractivity contribution in [2.24, 2.45) is 5.73 Å². The van der Waals surface area contributed by atoms with Crippen LogP contribution in [0, 0.1) is 0 Å². The lowest BCUT2D eigenvalue weighted by atomic mass is 9.88. The molecule has 0 aliphatic carbocycles. The summed E-state index contributed by atoms with van der Waals surface area (Å²) in [6, 6.07) is 12.6. The Balaban J connectivity index is 1.91. The maximum atomic E-state index is 6.40. The second-order valence-electron chi connectivity index (χ2n) is 6.78. The standard InChI is InChI=1S/C21H28N2O3/c1-14(22)21-18-12-20(26-4)19(25-3)11-16(18)9-10-23(21)13-15-5-7-17(24-2)8-6-15/h5-8,11-12,14,21H,9-10,13,22H2,1-4H3/t14-,21-/m0/s1. The SMILES string of the molecule is COc1ccc(CN2CCc3cc(OC)c(OC)cc3[C@@H]2[C@H](C)N)cc1. The van der Waals surface area contributed by atoms with Crippen molar-refractivity contribution in [2.75, 3.05) is 27.9 Å². The smallest absolute Gasteiger partial charge is 0.161 e. The molecule has 0 fully saturated rings. The molecule has 2 aromatic carbocycles. The van der Waals surface area contributed by atoms with Gasteiger partial charge in [-0.25, -0.2) is 0 Å². The topological polar surface area (TPSA) is 57.0 Å². The molecular formula is C21H28N2O3. The van der Waals surface area contributed by atoms with Crippen molar-refractivity contribution in [3.8, 4) is 17.2 Å². The first-order valence-electron chi connectivity index (χ1n) is 8.94. The molecule has 1 aliphatic heterocycles. The van der Waals surface area contributed by atoms with Gasteiger partial charge in [-0.1, -0.05) is 12.1 Å². The maximum Gasteiger partial charge on any atom is 0.161 e. The van der Waals surface area contributed by atoms with Gasteiger partial charge in [0.15, 0.2) is 11.5 Å². The van der Waals surface area contributed by atoms with Crippen molar-refractivity contribution in [1.82, 2.24) is 4.90 Å². The van der Waals surface area contributed by atoms with Gasteiger partial charge in [-0.15, -0.1) is 0 Å². The predicted molar refractivity (Wildman–Crippen MR) is 103 cm³/mol. The Morgan fingerprint density at radius 1 is 1.04 bits per heavy atom. The molecule has 0 bridgehead atoms. The van der Waals surface area contributed by atoms with Gasteiger partial charge in [-0.3, -0.25) is 4.90 Å². The van der Waals surface area contributed by atoms with Crippen LogP contribution in [0.4, 0.5) is 0 Å². The van der Waals surface area contributed by atoms with E-state index >= 15 is 0 Å². The summed E-state index contributed by atoms with van der Waals surface area (Å²) in [5.74, 6) is 2.40. The molecule has 0 aromatic heterocycles. The zero-order valence-corrected chi connectivity index (χ0v) is 16.0. The number of rotatable bonds is 6. The summed E-state index contributed by atoms with van der Waals surface area (Å²) in [5.41, 5.74) is 10.2. The van der Waals surface area contributed by atoms with Crippen LogP contribution in [0.2, 0.25) is 0 Å². The molecule has 1 aliphatic rings. The van der Waals surface area contributed by atoms with Gasteiger partial charge < -0.3 is 19.9 Å². The molecule has 0 unspecified atom stereocenters. The van der Waals surface area contributed by atoms with Gasteiger partial charge in [-0.2, -0.15) is 0 Å². The van der Waals surface area contributed by atoms with E-state index in [9.17, 15) is 0 Å². The third-order valence-electron chi connectivity index (χ3n) is 5.07. The Morgan fingerprint density at radius 2 is 1.69 bits per heavy atom. The molecule has 2 atom stereocenters. The molecule has 5 heteroatoms. The quantitative estimate of drug-likeness (QED) is 0.862. The van der Waals surface area contributed by atoms with E-state index in [1.807, 2.05) is 12.1 Å². The third-order valence-corrected chi connectivity index (χ3v) is 5.07. The number of fused-ring (bicyclic) bond motifs is 1. The molecular weight excluding hydrogens is 328 g/mol. The van der Waals surface area contributed by atoms with Gasteiger partial charge in [0, 0.05) is 19.1 Å². The molecule has 3 rings (SSSR count). The van der Waals surface area contributed by atoms with Crippen molar-refractivity contribution < 1.29 is 14.2 Å². The molecule has 5 nitrogen and oxygen atoms in total. The van der Waals surface area contributed by atoms with Gasteiger partial charge in [0.2, 0.25) is 0 Å². The minimum atomic E-state index is 0.00500. The van der Waals surface area contributed by atoms with E-state index < -0.39 is 0 Å². The van der Waals surface area contributed by atoms with Gasteiger partial charge in [-0.05, 0) is 54.3 Å². The van der Waals surface area contributed by atoms with Crippen LogP contribution in [0.3, 0.4) is 0 Å². The number of methoxy groups -OCH3 is 3. The zero-order valence-electron chi connectivity index (χ0n) is 16.0. The molecule has 2 aromatic rings. The summed E-state index contributed by atoms with van der Waals surface area (Å²) >= 11 is 0. The number of hydrogen-bond acceptors (Lipinski definition) is 5. The number of ether oxygens (including phenoxy) is 3. The Hall–Kier alpha value is -2.24. The van der Waals surface area contributed by atoms with E-state index in [2.05, 4.69) is 36.1 Å². The van der Waals surface area contributed by atoms with Crippen molar-refractivity contribution in [1.29, 1.82) is 0 Å². The predicted octanol–water partition coefficient (Wildman–Crippen LogP) is 3.16. The van der Waals surface area contributed by atoms with E-state index in [0.717, 1.165) is 36.8 Å². The lowest BCUT2D eigenvalue weighted by Gasteiger charge is -2.40. The summed E-state index contributed by atoms with van der Waals surface area (Å²) in [7, 11) is 5.03. The number of benzene rings is 2. The molecule has 0 amide bonds. The van der Waals surface area contributed by atoms with Crippen molar-refractivity contribution in [3.05, 3.63) is 53.1 Å². The highest BCUT2D eigenvalue weighted by molar-refractivity contribution is 5.50. The Labute approximate surface area is 155 Å². The van der Waals surface area contributed by atoms with Crippen LogP contribution < -0.4 is 19.9 Å². The molecule has 0 saturated heterocycles. The fraction of sp³-hybridized carbons (Fsp3) is 0.429. The number of nitrogens with two attached hydrogens (primary N) is 1. The Kier molecular flexibility index (Phi) is 5.69. The Morgan fingerprint density at radius 3 is 2.27 bits per heavy atom. The molecule has 0 saturated carbocycles. The summed E-state index contributed by atoms with van der Waals surface area (Å²) in [5, 5.41) is 0. The minimum absolute atomic E-state index is 0.00500. The summed E-state index contributed by atoms with van der Waals surface area (Å²) in [4.78, 5) is 2.45. The summed E-state index contributed by atoms with van der Waals surface area (Å²) < 4.78 is 16.2. The van der Waals surface area contributed by atoms with Crippen molar-refractivity contribution in [3.63, 3.8) is 0 Å². The average molecular weight is 356 g/mol. The highest BCUT2D eigenvalue weighted by atomic mass is 16.5. The molecule has 0 radical (unpaired) electrons. The first-order valence-corrected chi connectivity index (χ1v) is 8.94. The van der Waals surface area contributed by atoms with Crippen LogP contribution in [0.15, 0.2) is 36.4 Å². The summed E-state index contributed by atoms with van der Waals surface area (Å²) in [6.45, 7) is 3.88.